The molecule has 0 bridgehead atoms. The largest absolute Gasteiger partial charge is 0.402 e. The van der Waals surface area contributed by atoms with Gasteiger partial charge in [-0.05, 0) is 36.1 Å². The summed E-state index contributed by atoms with van der Waals surface area (Å²) in [5, 5.41) is 0. The number of hydrogen-bond donors (Lipinski definition) is 0. The van der Waals surface area contributed by atoms with E-state index in [1.807, 2.05) is 31.2 Å². The summed E-state index contributed by atoms with van der Waals surface area (Å²) in [6, 6.07) is 12.6. The van der Waals surface area contributed by atoms with Gasteiger partial charge < -0.3 is 4.74 Å². The van der Waals surface area contributed by atoms with E-state index < -0.39 is 11.8 Å². The van der Waals surface area contributed by atoms with Crippen molar-refractivity contribution in [1.82, 2.24) is 9.97 Å². The van der Waals surface area contributed by atoms with Crippen LogP contribution in [0.15, 0.2) is 54.9 Å². The van der Waals surface area contributed by atoms with Gasteiger partial charge in [0.15, 0.2) is 0 Å². The fourth-order valence-corrected chi connectivity index (χ4v) is 2.75. The van der Waals surface area contributed by atoms with Crippen molar-refractivity contribution >= 4 is 5.97 Å². The molecule has 0 unspecified atom stereocenters. The van der Waals surface area contributed by atoms with Gasteiger partial charge in [0.2, 0.25) is 5.88 Å². The third-order valence-corrected chi connectivity index (χ3v) is 4.28. The van der Waals surface area contributed by atoms with Crippen molar-refractivity contribution < 1.29 is 13.9 Å². The summed E-state index contributed by atoms with van der Waals surface area (Å²) < 4.78 is 19.3. The minimum Gasteiger partial charge on any atom is -0.402 e. The van der Waals surface area contributed by atoms with Crippen molar-refractivity contribution in [2.45, 2.75) is 33.1 Å². The Bertz CT molecular complexity index is 922. The van der Waals surface area contributed by atoms with E-state index in [9.17, 15) is 9.18 Å². The van der Waals surface area contributed by atoms with Crippen LogP contribution in [0.1, 0.15) is 41.8 Å². The molecule has 0 spiro atoms. The van der Waals surface area contributed by atoms with Gasteiger partial charge in [-0.15, -0.1) is 0 Å². The number of nitrogens with zero attached hydrogens (tertiary/aromatic N) is 2. The summed E-state index contributed by atoms with van der Waals surface area (Å²) in [6.45, 7) is 4.11. The van der Waals surface area contributed by atoms with Crippen LogP contribution in [0.2, 0.25) is 0 Å². The molecule has 0 amide bonds. The Kier molecular flexibility index (Phi) is 5.91. The highest BCUT2D eigenvalue weighted by Crippen LogP contribution is 2.19. The molecule has 0 saturated carbocycles. The minimum absolute atomic E-state index is 0.0333. The summed E-state index contributed by atoms with van der Waals surface area (Å²) >= 11 is 0. The van der Waals surface area contributed by atoms with Gasteiger partial charge in [0, 0.05) is 5.56 Å². The van der Waals surface area contributed by atoms with Crippen LogP contribution in [-0.2, 0) is 12.8 Å². The van der Waals surface area contributed by atoms with E-state index in [1.165, 1.54) is 30.1 Å². The number of esters is 1. The van der Waals surface area contributed by atoms with E-state index in [2.05, 4.69) is 16.9 Å². The average molecular weight is 364 g/mol. The fraction of sp³-hybridized carbons (Fsp3) is 0.227. The number of carbonyl (C=O) groups is 1. The molecule has 138 valence electrons. The zero-order valence-electron chi connectivity index (χ0n) is 15.4. The number of rotatable bonds is 6. The van der Waals surface area contributed by atoms with Gasteiger partial charge in [0.25, 0.3) is 0 Å². The van der Waals surface area contributed by atoms with Gasteiger partial charge >= 0.3 is 5.97 Å². The van der Waals surface area contributed by atoms with Crippen LogP contribution in [0.3, 0.4) is 0 Å². The number of aromatic nitrogens is 2. The van der Waals surface area contributed by atoms with Crippen LogP contribution < -0.4 is 4.74 Å². The van der Waals surface area contributed by atoms with Gasteiger partial charge in [-0.3, -0.25) is 0 Å². The summed E-state index contributed by atoms with van der Waals surface area (Å²) in [5.41, 5.74) is 3.58. The Morgan fingerprint density at radius 3 is 2.33 bits per heavy atom. The monoisotopic (exact) mass is 364 g/mol. The summed E-state index contributed by atoms with van der Waals surface area (Å²) in [4.78, 5) is 20.6. The topological polar surface area (TPSA) is 52.1 Å². The smallest absolute Gasteiger partial charge is 0.347 e. The van der Waals surface area contributed by atoms with Gasteiger partial charge in [0.05, 0.1) is 23.7 Å². The van der Waals surface area contributed by atoms with Crippen LogP contribution in [0.4, 0.5) is 4.39 Å². The Hall–Kier alpha value is -3.08. The van der Waals surface area contributed by atoms with Crippen LogP contribution >= 0.6 is 0 Å². The van der Waals surface area contributed by atoms with Crippen molar-refractivity contribution in [3.8, 4) is 17.1 Å². The summed E-state index contributed by atoms with van der Waals surface area (Å²) in [5.74, 6) is -1.34. The van der Waals surface area contributed by atoms with Gasteiger partial charge in [-0.25, -0.2) is 19.2 Å². The molecule has 1 heterocycles. The first kappa shape index (κ1) is 18.7. The summed E-state index contributed by atoms with van der Waals surface area (Å²) in [6.07, 6.45) is 5.54. The first-order valence-corrected chi connectivity index (χ1v) is 9.02. The summed E-state index contributed by atoms with van der Waals surface area (Å²) in [7, 11) is 0. The zero-order valence-corrected chi connectivity index (χ0v) is 15.4. The third kappa shape index (κ3) is 4.56. The molecule has 0 aliphatic heterocycles. The number of ether oxygens (including phenoxy) is 1. The van der Waals surface area contributed by atoms with Gasteiger partial charge in [-0.2, -0.15) is 0 Å². The molecule has 3 rings (SSSR count). The molecule has 0 saturated heterocycles. The van der Waals surface area contributed by atoms with E-state index in [0.717, 1.165) is 30.4 Å². The van der Waals surface area contributed by atoms with E-state index in [4.69, 9.17) is 4.74 Å². The first-order valence-electron chi connectivity index (χ1n) is 9.02. The predicted octanol–water partition coefficient (Wildman–Crippen LogP) is 5.02. The van der Waals surface area contributed by atoms with E-state index in [-0.39, 0.29) is 11.4 Å². The van der Waals surface area contributed by atoms with Crippen LogP contribution in [0, 0.1) is 5.82 Å². The molecule has 0 N–H and O–H groups in total. The quantitative estimate of drug-likeness (QED) is 0.577. The normalized spacial score (nSPS) is 10.6. The molecule has 0 aliphatic carbocycles. The van der Waals surface area contributed by atoms with Crippen molar-refractivity contribution in [3.63, 3.8) is 0 Å². The molecule has 0 aliphatic rings. The van der Waals surface area contributed by atoms with Gasteiger partial charge in [-0.1, -0.05) is 50.6 Å². The molecule has 5 heteroatoms. The second-order valence-corrected chi connectivity index (χ2v) is 6.24. The number of benzene rings is 2. The van der Waals surface area contributed by atoms with Crippen LogP contribution in [-0.4, -0.2) is 15.9 Å². The molecular weight excluding hydrogens is 343 g/mol. The maximum Gasteiger partial charge on any atom is 0.347 e. The maximum atomic E-state index is 14.1. The van der Waals surface area contributed by atoms with E-state index in [1.54, 1.807) is 6.07 Å². The highest BCUT2D eigenvalue weighted by Gasteiger charge is 2.15. The Morgan fingerprint density at radius 1 is 1.00 bits per heavy atom. The average Bonchev–Trinajstić information content (AvgIpc) is 2.69. The lowest BCUT2D eigenvalue weighted by Crippen LogP contribution is -2.12. The molecule has 0 fully saturated rings. The molecule has 0 radical (unpaired) electrons. The van der Waals surface area contributed by atoms with E-state index >= 15 is 0 Å². The van der Waals surface area contributed by atoms with Crippen molar-refractivity contribution in [2.24, 2.45) is 0 Å². The second-order valence-electron chi connectivity index (χ2n) is 6.24. The molecule has 27 heavy (non-hydrogen) atoms. The first-order chi connectivity index (χ1) is 13.1. The van der Waals surface area contributed by atoms with E-state index in [0.29, 0.717) is 5.69 Å². The Balaban J connectivity index is 1.71. The highest BCUT2D eigenvalue weighted by atomic mass is 19.1. The standard InChI is InChI=1S/C22H21FN2O2/c1-3-5-16-8-11-18(19(23)12-16)22(26)27-21-14-24-20(13-25-21)17-9-6-15(4-2)7-10-17/h6-14H,3-5H2,1-2H3. The fourth-order valence-electron chi connectivity index (χ4n) is 2.75. The highest BCUT2D eigenvalue weighted by molar-refractivity contribution is 5.91. The minimum atomic E-state index is -0.787. The van der Waals surface area contributed by atoms with Crippen LogP contribution in [0.25, 0.3) is 11.3 Å². The third-order valence-electron chi connectivity index (χ3n) is 4.28. The Labute approximate surface area is 158 Å². The Morgan fingerprint density at radius 2 is 1.74 bits per heavy atom. The van der Waals surface area contributed by atoms with Crippen molar-refractivity contribution in [1.29, 1.82) is 0 Å². The predicted molar refractivity (Wildman–Crippen MR) is 102 cm³/mol. The number of carbonyl (C=O) groups excluding carboxylic acids is 1. The zero-order chi connectivity index (χ0) is 19.2. The molecular formula is C22H21FN2O2. The molecule has 1 aromatic heterocycles. The molecule has 4 nitrogen and oxygen atoms in total. The second kappa shape index (κ2) is 8.54. The van der Waals surface area contributed by atoms with Crippen molar-refractivity contribution in [3.05, 3.63) is 77.4 Å². The lowest BCUT2D eigenvalue weighted by Gasteiger charge is -2.07. The molecule has 2 aromatic carbocycles. The number of halogens is 1. The van der Waals surface area contributed by atoms with Gasteiger partial charge in [0.1, 0.15) is 5.82 Å². The maximum absolute atomic E-state index is 14.1. The lowest BCUT2D eigenvalue weighted by molar-refractivity contribution is 0.0722. The lowest BCUT2D eigenvalue weighted by atomic mass is 10.1. The number of hydrogen-bond acceptors (Lipinski definition) is 4. The van der Waals surface area contributed by atoms with Crippen molar-refractivity contribution in [2.75, 3.05) is 0 Å². The van der Waals surface area contributed by atoms with Crippen LogP contribution in [0.5, 0.6) is 5.88 Å². The number of aryl methyl sites for hydroxylation is 2. The molecule has 3 aromatic rings. The molecule has 0 atom stereocenters. The SMILES string of the molecule is CCCc1ccc(C(=O)Oc2cnc(-c3ccc(CC)cc3)cn2)c(F)c1.